The third kappa shape index (κ3) is 6.57. The maximum absolute atomic E-state index is 5.38. The Morgan fingerprint density at radius 2 is 2.04 bits per heavy atom. The van der Waals surface area contributed by atoms with Crippen LogP contribution in [0.2, 0.25) is 0 Å². The predicted molar refractivity (Wildman–Crippen MR) is 108 cm³/mol. The Bertz CT molecular complexity index is 499. The molecule has 0 radical (unpaired) electrons. The Balaban J connectivity index is 0.00000264. The minimum atomic E-state index is 0. The average Bonchev–Trinajstić information content (AvgIpc) is 3.02. The molecule has 1 saturated carbocycles. The minimum absolute atomic E-state index is 0. The summed E-state index contributed by atoms with van der Waals surface area (Å²) in [5.41, 5.74) is 2.44. The summed E-state index contributed by atoms with van der Waals surface area (Å²) >= 11 is 0. The van der Waals surface area contributed by atoms with Crippen LogP contribution in [-0.4, -0.2) is 32.2 Å². The third-order valence-electron chi connectivity index (χ3n) is 4.18. The molecule has 1 aliphatic rings. The second-order valence-electron chi connectivity index (χ2n) is 5.94. The number of benzene rings is 1. The Hall–Kier alpha value is -0.980. The molecule has 1 aliphatic carbocycles. The second kappa shape index (κ2) is 10.7. The normalized spacial score (nSPS) is 15.2. The van der Waals surface area contributed by atoms with E-state index in [0.717, 1.165) is 31.2 Å². The molecule has 0 aromatic heterocycles. The topological polar surface area (TPSA) is 45.7 Å². The van der Waals surface area contributed by atoms with Crippen LogP contribution in [-0.2, 0) is 6.42 Å². The number of halogens is 1. The number of nitrogens with one attached hydrogen (secondary N) is 2. The molecule has 1 aromatic carbocycles. The number of rotatable bonds is 6. The molecule has 0 atom stereocenters. The summed E-state index contributed by atoms with van der Waals surface area (Å²) in [6.07, 6.45) is 6.12. The van der Waals surface area contributed by atoms with Crippen LogP contribution in [0, 0.1) is 6.92 Å². The van der Waals surface area contributed by atoms with Crippen LogP contribution >= 0.6 is 24.0 Å². The maximum Gasteiger partial charge on any atom is 0.191 e. The van der Waals surface area contributed by atoms with Crippen molar-refractivity contribution in [2.45, 2.75) is 52.0 Å². The summed E-state index contributed by atoms with van der Waals surface area (Å²) in [4.78, 5) is 4.70. The SMILES string of the molecule is CCNC(=NCCc1ccc(C)c(OC)c1)NC1CCCC1.I. The maximum atomic E-state index is 5.38. The van der Waals surface area contributed by atoms with Gasteiger partial charge in [0.2, 0.25) is 0 Å². The molecule has 2 rings (SSSR count). The standard InChI is InChI=1S/C18H29N3O.HI/c1-4-19-18(21-16-7-5-6-8-16)20-12-11-15-10-9-14(2)17(13-15)22-3;/h9-10,13,16H,4-8,11-12H2,1-3H3,(H2,19,20,21);1H. The first-order valence-corrected chi connectivity index (χ1v) is 8.41. The van der Waals surface area contributed by atoms with E-state index < -0.39 is 0 Å². The summed E-state index contributed by atoms with van der Waals surface area (Å²) in [5, 5.41) is 6.89. The first-order chi connectivity index (χ1) is 10.7. The van der Waals surface area contributed by atoms with Crippen LogP contribution in [0.15, 0.2) is 23.2 Å². The number of aryl methyl sites for hydroxylation is 1. The molecule has 0 bridgehead atoms. The third-order valence-corrected chi connectivity index (χ3v) is 4.18. The lowest BCUT2D eigenvalue weighted by atomic mass is 10.1. The van der Waals surface area contributed by atoms with Gasteiger partial charge in [-0.1, -0.05) is 25.0 Å². The zero-order valence-electron chi connectivity index (χ0n) is 14.5. The largest absolute Gasteiger partial charge is 0.496 e. The van der Waals surface area contributed by atoms with E-state index in [-0.39, 0.29) is 24.0 Å². The zero-order valence-corrected chi connectivity index (χ0v) is 16.9. The van der Waals surface area contributed by atoms with E-state index >= 15 is 0 Å². The summed E-state index contributed by atoms with van der Waals surface area (Å²) in [6.45, 7) is 5.86. The lowest BCUT2D eigenvalue weighted by Gasteiger charge is -2.16. The number of nitrogens with zero attached hydrogens (tertiary/aromatic N) is 1. The highest BCUT2D eigenvalue weighted by atomic mass is 127. The van der Waals surface area contributed by atoms with E-state index in [9.17, 15) is 0 Å². The van der Waals surface area contributed by atoms with Crippen LogP contribution in [0.3, 0.4) is 0 Å². The van der Waals surface area contributed by atoms with Gasteiger partial charge in [-0.2, -0.15) is 0 Å². The molecule has 23 heavy (non-hydrogen) atoms. The molecule has 4 nitrogen and oxygen atoms in total. The van der Waals surface area contributed by atoms with Crippen LogP contribution in [0.4, 0.5) is 0 Å². The molecular formula is C18H30IN3O. The summed E-state index contributed by atoms with van der Waals surface area (Å²) in [7, 11) is 1.72. The van der Waals surface area contributed by atoms with Crippen LogP contribution in [0.5, 0.6) is 5.75 Å². The van der Waals surface area contributed by atoms with E-state index in [4.69, 9.17) is 9.73 Å². The van der Waals surface area contributed by atoms with E-state index in [2.05, 4.69) is 42.7 Å². The lowest BCUT2D eigenvalue weighted by Crippen LogP contribution is -2.42. The Morgan fingerprint density at radius 1 is 1.30 bits per heavy atom. The van der Waals surface area contributed by atoms with Gasteiger partial charge in [0.05, 0.1) is 7.11 Å². The van der Waals surface area contributed by atoms with Crippen molar-refractivity contribution in [3.63, 3.8) is 0 Å². The average molecular weight is 431 g/mol. The zero-order chi connectivity index (χ0) is 15.8. The van der Waals surface area contributed by atoms with Crippen LogP contribution < -0.4 is 15.4 Å². The van der Waals surface area contributed by atoms with E-state index in [1.807, 2.05) is 0 Å². The summed E-state index contributed by atoms with van der Waals surface area (Å²) in [5.74, 6) is 1.91. The fraction of sp³-hybridized carbons (Fsp3) is 0.611. The minimum Gasteiger partial charge on any atom is -0.496 e. The van der Waals surface area contributed by atoms with Gasteiger partial charge in [-0.3, -0.25) is 4.99 Å². The molecule has 1 aromatic rings. The molecule has 2 N–H and O–H groups in total. The number of aliphatic imine (C=N–C) groups is 1. The highest BCUT2D eigenvalue weighted by molar-refractivity contribution is 14.0. The molecule has 0 amide bonds. The van der Waals surface area contributed by atoms with Gasteiger partial charge in [0, 0.05) is 19.1 Å². The van der Waals surface area contributed by atoms with Gasteiger partial charge in [-0.25, -0.2) is 0 Å². The first-order valence-electron chi connectivity index (χ1n) is 8.41. The molecule has 0 unspecified atom stereocenters. The second-order valence-corrected chi connectivity index (χ2v) is 5.94. The molecular weight excluding hydrogens is 401 g/mol. The van der Waals surface area contributed by atoms with Gasteiger partial charge in [0.1, 0.15) is 5.75 Å². The van der Waals surface area contributed by atoms with Crippen molar-refractivity contribution >= 4 is 29.9 Å². The van der Waals surface area contributed by atoms with Crippen molar-refractivity contribution in [1.82, 2.24) is 10.6 Å². The van der Waals surface area contributed by atoms with Gasteiger partial charge >= 0.3 is 0 Å². The monoisotopic (exact) mass is 431 g/mol. The predicted octanol–water partition coefficient (Wildman–Crippen LogP) is 3.66. The smallest absolute Gasteiger partial charge is 0.191 e. The number of guanidine groups is 1. The van der Waals surface area contributed by atoms with Crippen LogP contribution in [0.1, 0.15) is 43.7 Å². The first kappa shape index (κ1) is 20.1. The van der Waals surface area contributed by atoms with Gasteiger partial charge in [-0.15, -0.1) is 24.0 Å². The van der Waals surface area contributed by atoms with Gasteiger partial charge < -0.3 is 15.4 Å². The highest BCUT2D eigenvalue weighted by Crippen LogP contribution is 2.19. The van der Waals surface area contributed by atoms with E-state index in [1.54, 1.807) is 7.11 Å². The molecule has 0 aliphatic heterocycles. The molecule has 5 heteroatoms. The van der Waals surface area contributed by atoms with Gasteiger partial charge in [0.15, 0.2) is 5.96 Å². The highest BCUT2D eigenvalue weighted by Gasteiger charge is 2.15. The van der Waals surface area contributed by atoms with Crippen molar-refractivity contribution < 1.29 is 4.74 Å². The lowest BCUT2D eigenvalue weighted by molar-refractivity contribution is 0.411. The fourth-order valence-corrected chi connectivity index (χ4v) is 2.90. The molecule has 0 spiro atoms. The number of ether oxygens (including phenoxy) is 1. The van der Waals surface area contributed by atoms with Crippen molar-refractivity contribution in [2.75, 3.05) is 20.2 Å². The quantitative estimate of drug-likeness (QED) is 0.411. The number of methoxy groups -OCH3 is 1. The summed E-state index contributed by atoms with van der Waals surface area (Å²) < 4.78 is 5.38. The molecule has 0 heterocycles. The number of hydrogen-bond donors (Lipinski definition) is 2. The van der Waals surface area contributed by atoms with Crippen molar-refractivity contribution in [3.8, 4) is 5.75 Å². The summed E-state index contributed by atoms with van der Waals surface area (Å²) in [6, 6.07) is 6.98. The number of hydrogen-bond acceptors (Lipinski definition) is 2. The van der Waals surface area contributed by atoms with Crippen molar-refractivity contribution in [3.05, 3.63) is 29.3 Å². The van der Waals surface area contributed by atoms with Gasteiger partial charge in [-0.05, 0) is 50.3 Å². The molecule has 1 fully saturated rings. The molecule has 0 saturated heterocycles. The van der Waals surface area contributed by atoms with Crippen molar-refractivity contribution in [2.24, 2.45) is 4.99 Å². The fourth-order valence-electron chi connectivity index (χ4n) is 2.90. The Labute approximate surface area is 157 Å². The Kier molecular flexibility index (Phi) is 9.36. The Morgan fingerprint density at radius 3 is 2.70 bits per heavy atom. The van der Waals surface area contributed by atoms with Crippen LogP contribution in [0.25, 0.3) is 0 Å². The van der Waals surface area contributed by atoms with Crippen molar-refractivity contribution in [1.29, 1.82) is 0 Å². The van der Waals surface area contributed by atoms with E-state index in [1.165, 1.54) is 36.8 Å². The molecule has 130 valence electrons. The van der Waals surface area contributed by atoms with Gasteiger partial charge in [0.25, 0.3) is 0 Å². The van der Waals surface area contributed by atoms with E-state index in [0.29, 0.717) is 6.04 Å².